The van der Waals surface area contributed by atoms with Crippen LogP contribution in [0.1, 0.15) is 27.0 Å². The highest BCUT2D eigenvalue weighted by Crippen LogP contribution is 2.25. The van der Waals surface area contributed by atoms with Gasteiger partial charge in [-0.15, -0.1) is 0 Å². The highest BCUT2D eigenvalue weighted by atomic mass is 16.5. The first-order chi connectivity index (χ1) is 6.74. The van der Waals surface area contributed by atoms with E-state index >= 15 is 0 Å². The zero-order valence-corrected chi connectivity index (χ0v) is 8.04. The third kappa shape index (κ3) is 1.30. The van der Waals surface area contributed by atoms with Gasteiger partial charge in [0.2, 0.25) is 0 Å². The van der Waals surface area contributed by atoms with Crippen LogP contribution >= 0.6 is 0 Å². The van der Waals surface area contributed by atoms with Crippen molar-refractivity contribution in [2.45, 2.75) is 20.0 Å². The van der Waals surface area contributed by atoms with Crippen LogP contribution in [0.5, 0.6) is 0 Å². The first-order valence-corrected chi connectivity index (χ1v) is 4.63. The van der Waals surface area contributed by atoms with E-state index in [2.05, 4.69) is 0 Å². The van der Waals surface area contributed by atoms with Crippen molar-refractivity contribution in [3.63, 3.8) is 0 Å². The van der Waals surface area contributed by atoms with Crippen LogP contribution in [0.15, 0.2) is 12.1 Å². The smallest absolute Gasteiger partial charge is 0.338 e. The molecule has 3 nitrogen and oxygen atoms in total. The third-order valence-corrected chi connectivity index (χ3v) is 2.66. The summed E-state index contributed by atoms with van der Waals surface area (Å²) in [4.78, 5) is 11.2. The van der Waals surface area contributed by atoms with Gasteiger partial charge in [0.1, 0.15) is 6.61 Å². The fourth-order valence-corrected chi connectivity index (χ4v) is 1.79. The number of esters is 1. The van der Waals surface area contributed by atoms with Crippen molar-refractivity contribution in [1.82, 2.24) is 0 Å². The Kier molecular flexibility index (Phi) is 2.25. The molecule has 0 amide bonds. The van der Waals surface area contributed by atoms with Crippen LogP contribution in [0.25, 0.3) is 0 Å². The molecule has 0 saturated heterocycles. The fourth-order valence-electron chi connectivity index (χ4n) is 1.79. The van der Waals surface area contributed by atoms with E-state index in [0.29, 0.717) is 18.6 Å². The van der Waals surface area contributed by atoms with E-state index in [4.69, 9.17) is 9.84 Å². The first kappa shape index (κ1) is 9.21. The molecule has 0 saturated carbocycles. The van der Waals surface area contributed by atoms with E-state index in [1.165, 1.54) is 0 Å². The van der Waals surface area contributed by atoms with Gasteiger partial charge in [-0.25, -0.2) is 4.79 Å². The van der Waals surface area contributed by atoms with Crippen molar-refractivity contribution >= 4 is 5.97 Å². The molecule has 0 bridgehead atoms. The average Bonchev–Trinajstić information content (AvgIpc) is 2.54. The molecule has 1 aromatic rings. The fraction of sp³-hybridized carbons (Fsp3) is 0.364. The van der Waals surface area contributed by atoms with Gasteiger partial charge in [-0.1, -0.05) is 6.07 Å². The molecule has 0 fully saturated rings. The molecule has 1 aliphatic rings. The lowest BCUT2D eigenvalue weighted by molar-refractivity contribution is 0.0535. The van der Waals surface area contributed by atoms with Crippen molar-refractivity contribution in [1.29, 1.82) is 0 Å². The van der Waals surface area contributed by atoms with Crippen LogP contribution in [-0.2, 0) is 17.8 Å². The number of carbonyl (C=O) groups is 1. The lowest BCUT2D eigenvalue weighted by Crippen LogP contribution is -1.99. The molecule has 1 heterocycles. The van der Waals surface area contributed by atoms with Crippen LogP contribution < -0.4 is 0 Å². The summed E-state index contributed by atoms with van der Waals surface area (Å²) in [5.41, 5.74) is 3.80. The van der Waals surface area contributed by atoms with Crippen molar-refractivity contribution in [2.24, 2.45) is 0 Å². The summed E-state index contributed by atoms with van der Waals surface area (Å²) in [5, 5.41) is 8.85. The standard InChI is InChI=1S/C11H12O3/c1-7-8(4-5-12)2-3-9-10(7)6-14-11(9)13/h2-3,12H,4-6H2,1H3. The zero-order chi connectivity index (χ0) is 10.1. The number of cyclic esters (lactones) is 1. The summed E-state index contributed by atoms with van der Waals surface area (Å²) in [6.07, 6.45) is 0.632. The second-order valence-electron chi connectivity index (χ2n) is 3.43. The second kappa shape index (κ2) is 3.42. The van der Waals surface area contributed by atoms with E-state index in [-0.39, 0.29) is 12.6 Å². The molecule has 74 valence electrons. The van der Waals surface area contributed by atoms with Crippen molar-refractivity contribution in [3.8, 4) is 0 Å². The Morgan fingerprint density at radius 2 is 2.29 bits per heavy atom. The van der Waals surface area contributed by atoms with Crippen molar-refractivity contribution in [3.05, 3.63) is 34.4 Å². The Labute approximate surface area is 82.3 Å². The summed E-state index contributed by atoms with van der Waals surface area (Å²) in [7, 11) is 0. The average molecular weight is 192 g/mol. The van der Waals surface area contributed by atoms with E-state index < -0.39 is 0 Å². The maximum atomic E-state index is 11.2. The predicted molar refractivity (Wildman–Crippen MR) is 51.1 cm³/mol. The van der Waals surface area contributed by atoms with E-state index in [0.717, 1.165) is 16.7 Å². The Balaban J connectivity index is 2.47. The van der Waals surface area contributed by atoms with Crippen molar-refractivity contribution < 1.29 is 14.6 Å². The minimum atomic E-state index is -0.237. The third-order valence-electron chi connectivity index (χ3n) is 2.66. The van der Waals surface area contributed by atoms with Gasteiger partial charge in [0.15, 0.2) is 0 Å². The van der Waals surface area contributed by atoms with Gasteiger partial charge in [0.05, 0.1) is 5.56 Å². The molecule has 3 heteroatoms. The molecule has 1 aromatic carbocycles. The molecular weight excluding hydrogens is 180 g/mol. The Bertz CT molecular complexity index is 382. The highest BCUT2D eigenvalue weighted by Gasteiger charge is 2.23. The molecular formula is C11H12O3. The maximum absolute atomic E-state index is 11.2. The van der Waals surface area contributed by atoms with Gasteiger partial charge in [-0.3, -0.25) is 0 Å². The molecule has 0 unspecified atom stereocenters. The van der Waals surface area contributed by atoms with Crippen molar-refractivity contribution in [2.75, 3.05) is 6.61 Å². The van der Waals surface area contributed by atoms with E-state index in [1.807, 2.05) is 13.0 Å². The number of benzene rings is 1. The topological polar surface area (TPSA) is 46.5 Å². The number of ether oxygens (including phenoxy) is 1. The first-order valence-electron chi connectivity index (χ1n) is 4.63. The number of hydrogen-bond acceptors (Lipinski definition) is 3. The van der Waals surface area contributed by atoms with E-state index in [9.17, 15) is 4.79 Å². The molecule has 0 atom stereocenters. The molecule has 0 spiro atoms. The normalized spacial score (nSPS) is 14.0. The number of aliphatic hydroxyl groups excluding tert-OH is 1. The number of hydrogen-bond donors (Lipinski definition) is 1. The summed E-state index contributed by atoms with van der Waals surface area (Å²) in [6, 6.07) is 3.67. The SMILES string of the molecule is Cc1c(CCO)ccc2c1COC2=O. The van der Waals surface area contributed by atoms with Crippen LogP contribution in [-0.4, -0.2) is 17.7 Å². The molecule has 14 heavy (non-hydrogen) atoms. The Morgan fingerprint density at radius 1 is 1.50 bits per heavy atom. The lowest BCUT2D eigenvalue weighted by atomic mass is 9.97. The highest BCUT2D eigenvalue weighted by molar-refractivity contribution is 5.93. The molecule has 0 aliphatic carbocycles. The molecule has 2 rings (SSSR count). The Hall–Kier alpha value is -1.35. The van der Waals surface area contributed by atoms with E-state index in [1.54, 1.807) is 6.07 Å². The predicted octanol–water partition coefficient (Wildman–Crippen LogP) is 1.20. The summed E-state index contributed by atoms with van der Waals surface area (Å²) in [5.74, 6) is -0.237. The molecule has 1 aliphatic heterocycles. The van der Waals surface area contributed by atoms with Crippen LogP contribution in [0.2, 0.25) is 0 Å². The molecule has 1 N–H and O–H groups in total. The number of aliphatic hydroxyl groups is 1. The minimum absolute atomic E-state index is 0.133. The van der Waals surface area contributed by atoms with Gasteiger partial charge in [0.25, 0.3) is 0 Å². The summed E-state index contributed by atoms with van der Waals surface area (Å²) in [6.45, 7) is 2.47. The maximum Gasteiger partial charge on any atom is 0.338 e. The van der Waals surface area contributed by atoms with Crippen LogP contribution in [0.3, 0.4) is 0 Å². The number of fused-ring (bicyclic) bond motifs is 1. The molecule has 0 aromatic heterocycles. The second-order valence-corrected chi connectivity index (χ2v) is 3.43. The van der Waals surface area contributed by atoms with Gasteiger partial charge in [-0.05, 0) is 30.5 Å². The van der Waals surface area contributed by atoms with Gasteiger partial charge < -0.3 is 9.84 Å². The zero-order valence-electron chi connectivity index (χ0n) is 8.04. The number of carbonyl (C=O) groups excluding carboxylic acids is 1. The van der Waals surface area contributed by atoms with Crippen LogP contribution in [0.4, 0.5) is 0 Å². The quantitative estimate of drug-likeness (QED) is 0.716. The summed E-state index contributed by atoms with van der Waals surface area (Å²) < 4.78 is 4.94. The molecule has 0 radical (unpaired) electrons. The van der Waals surface area contributed by atoms with Gasteiger partial charge >= 0.3 is 5.97 Å². The monoisotopic (exact) mass is 192 g/mol. The summed E-state index contributed by atoms with van der Waals surface area (Å²) >= 11 is 0. The van der Waals surface area contributed by atoms with Gasteiger partial charge in [0, 0.05) is 12.2 Å². The minimum Gasteiger partial charge on any atom is -0.457 e. The largest absolute Gasteiger partial charge is 0.457 e. The number of rotatable bonds is 2. The Morgan fingerprint density at radius 3 is 3.00 bits per heavy atom. The van der Waals surface area contributed by atoms with Gasteiger partial charge in [-0.2, -0.15) is 0 Å². The lowest BCUT2D eigenvalue weighted by Gasteiger charge is -2.06. The van der Waals surface area contributed by atoms with Crippen LogP contribution in [0, 0.1) is 6.92 Å².